The van der Waals surface area contributed by atoms with Crippen LogP contribution in [0, 0.1) is 11.8 Å². The number of likely N-dealkylation sites (N-methyl/N-ethyl adjacent to an activating group) is 4. The Kier molecular flexibility index (Phi) is 15.0. The predicted octanol–water partition coefficient (Wildman–Crippen LogP) is 4.21. The van der Waals surface area contributed by atoms with Gasteiger partial charge in [-0.15, -0.1) is 0 Å². The first kappa shape index (κ1) is 38.9. The zero-order chi connectivity index (χ0) is 36.1. The summed E-state index contributed by atoms with van der Waals surface area (Å²) in [4.78, 5) is 60.7. The summed E-state index contributed by atoms with van der Waals surface area (Å²) in [5.41, 5.74) is 3.02. The number of amides is 4. The lowest BCUT2D eigenvalue weighted by atomic mass is 9.95. The molecule has 0 fully saturated rings. The number of hydrogen-bond donors (Lipinski definition) is 2. The molecule has 3 aromatic carbocycles. The summed E-state index contributed by atoms with van der Waals surface area (Å²) in [7, 11) is 6.66. The number of carbonyl (C=O) groups is 4. The molecule has 264 valence electrons. The molecule has 4 atom stereocenters. The zero-order valence-corrected chi connectivity index (χ0v) is 30.4. The second-order valence-electron chi connectivity index (χ2n) is 13.5. The van der Waals surface area contributed by atoms with Crippen LogP contribution >= 0.6 is 0 Å². The van der Waals surface area contributed by atoms with Crippen molar-refractivity contribution < 1.29 is 19.2 Å². The van der Waals surface area contributed by atoms with Crippen LogP contribution in [0.2, 0.25) is 0 Å². The first-order valence-corrected chi connectivity index (χ1v) is 17.2. The molecular weight excluding hydrogens is 614 g/mol. The lowest BCUT2D eigenvalue weighted by Crippen LogP contribution is -2.61. The average Bonchev–Trinajstić information content (AvgIpc) is 3.09. The predicted molar refractivity (Wildman–Crippen MR) is 196 cm³/mol. The van der Waals surface area contributed by atoms with Gasteiger partial charge in [0.15, 0.2) is 0 Å². The monoisotopic (exact) mass is 669 g/mol. The second-order valence-corrected chi connectivity index (χ2v) is 13.5. The highest BCUT2D eigenvalue weighted by atomic mass is 16.2. The van der Waals surface area contributed by atoms with Crippen LogP contribution in [0.25, 0.3) is 0 Å². The standard InChI is InChI=1S/C40H55N5O4/c1-28(2)35(37(46)42-25-24-30-18-12-9-13-19-30)44(7)40(49)36(29(3)4)45(8)39(48)34(27-32-22-16-11-17-23-32)43(6)38(47)33(41-5)26-31-20-14-10-15-21-31/h9-23,28-29,33-36,41H,24-27H2,1-8H3,(H,42,46)/t33-,34-,35-,36-/m0/s1. The number of nitrogens with one attached hydrogen (secondary N) is 2. The topological polar surface area (TPSA) is 102 Å². The van der Waals surface area contributed by atoms with Crippen LogP contribution in [-0.2, 0) is 38.4 Å². The molecule has 4 amide bonds. The lowest BCUT2D eigenvalue weighted by Gasteiger charge is -2.40. The molecule has 0 saturated carbocycles. The Labute approximate surface area is 293 Å². The summed E-state index contributed by atoms with van der Waals surface area (Å²) < 4.78 is 0. The number of benzene rings is 3. The summed E-state index contributed by atoms with van der Waals surface area (Å²) >= 11 is 0. The Hall–Kier alpha value is -4.50. The fourth-order valence-electron chi connectivity index (χ4n) is 6.41. The molecule has 0 saturated heterocycles. The molecule has 49 heavy (non-hydrogen) atoms. The molecule has 0 unspecified atom stereocenters. The van der Waals surface area contributed by atoms with Crippen molar-refractivity contribution >= 4 is 23.6 Å². The van der Waals surface area contributed by atoms with Gasteiger partial charge in [-0.1, -0.05) is 119 Å². The van der Waals surface area contributed by atoms with Gasteiger partial charge in [0.2, 0.25) is 23.6 Å². The minimum atomic E-state index is -0.868. The molecular formula is C40H55N5O4. The van der Waals surface area contributed by atoms with Crippen LogP contribution in [0.4, 0.5) is 0 Å². The van der Waals surface area contributed by atoms with Crippen LogP contribution in [0.3, 0.4) is 0 Å². The largest absolute Gasteiger partial charge is 0.354 e. The fourth-order valence-corrected chi connectivity index (χ4v) is 6.41. The molecule has 0 aromatic heterocycles. The van der Waals surface area contributed by atoms with Gasteiger partial charge in [0.25, 0.3) is 0 Å². The third-order valence-electron chi connectivity index (χ3n) is 9.17. The van der Waals surface area contributed by atoms with Gasteiger partial charge < -0.3 is 25.3 Å². The molecule has 9 heteroatoms. The Balaban J connectivity index is 1.85. The zero-order valence-electron chi connectivity index (χ0n) is 30.4. The molecule has 3 aromatic rings. The van der Waals surface area contributed by atoms with E-state index in [9.17, 15) is 19.2 Å². The van der Waals surface area contributed by atoms with Crippen molar-refractivity contribution in [3.05, 3.63) is 108 Å². The van der Waals surface area contributed by atoms with Gasteiger partial charge in [0, 0.05) is 34.1 Å². The quantitative estimate of drug-likeness (QED) is 0.224. The van der Waals surface area contributed by atoms with E-state index in [-0.39, 0.29) is 41.9 Å². The molecule has 9 nitrogen and oxygen atoms in total. The van der Waals surface area contributed by atoms with Crippen molar-refractivity contribution in [2.24, 2.45) is 11.8 Å². The molecule has 3 rings (SSSR count). The van der Waals surface area contributed by atoms with Gasteiger partial charge in [-0.3, -0.25) is 19.2 Å². The maximum Gasteiger partial charge on any atom is 0.246 e. The van der Waals surface area contributed by atoms with Gasteiger partial charge in [0.1, 0.15) is 18.1 Å². The third kappa shape index (κ3) is 10.7. The second kappa shape index (κ2) is 18.9. The van der Waals surface area contributed by atoms with E-state index in [4.69, 9.17) is 0 Å². The summed E-state index contributed by atoms with van der Waals surface area (Å²) in [6.45, 7) is 8.05. The summed E-state index contributed by atoms with van der Waals surface area (Å²) in [6, 6.07) is 26.2. The van der Waals surface area contributed by atoms with Crippen LogP contribution in [0.5, 0.6) is 0 Å². The third-order valence-corrected chi connectivity index (χ3v) is 9.17. The van der Waals surface area contributed by atoms with Gasteiger partial charge in [-0.05, 0) is 48.4 Å². The van der Waals surface area contributed by atoms with E-state index in [0.29, 0.717) is 19.4 Å². The molecule has 0 bridgehead atoms. The summed E-state index contributed by atoms with van der Waals surface area (Å²) in [5, 5.41) is 6.15. The van der Waals surface area contributed by atoms with Gasteiger partial charge in [-0.2, -0.15) is 0 Å². The molecule has 0 spiro atoms. The fraction of sp³-hybridized carbons (Fsp3) is 0.450. The Morgan fingerprint density at radius 2 is 1.02 bits per heavy atom. The minimum absolute atomic E-state index is 0.169. The van der Waals surface area contributed by atoms with E-state index in [1.165, 1.54) is 14.7 Å². The molecule has 0 aliphatic carbocycles. The van der Waals surface area contributed by atoms with E-state index >= 15 is 0 Å². The van der Waals surface area contributed by atoms with Crippen LogP contribution in [0.1, 0.15) is 44.4 Å². The highest BCUT2D eigenvalue weighted by Gasteiger charge is 2.41. The van der Waals surface area contributed by atoms with Crippen LogP contribution in [0.15, 0.2) is 91.0 Å². The van der Waals surface area contributed by atoms with Gasteiger partial charge in [0.05, 0.1) is 6.04 Å². The van der Waals surface area contributed by atoms with E-state index in [0.717, 1.165) is 16.7 Å². The van der Waals surface area contributed by atoms with Gasteiger partial charge in [-0.25, -0.2) is 0 Å². The maximum atomic E-state index is 14.5. The Bertz CT molecular complexity index is 1480. The number of carbonyl (C=O) groups excluding carboxylic acids is 4. The normalized spacial score (nSPS) is 13.7. The van der Waals surface area contributed by atoms with Crippen molar-refractivity contribution in [1.82, 2.24) is 25.3 Å². The molecule has 2 N–H and O–H groups in total. The van der Waals surface area contributed by atoms with Crippen molar-refractivity contribution in [3.63, 3.8) is 0 Å². The minimum Gasteiger partial charge on any atom is -0.354 e. The first-order chi connectivity index (χ1) is 23.4. The van der Waals surface area contributed by atoms with Crippen molar-refractivity contribution in [3.8, 4) is 0 Å². The number of hydrogen-bond acceptors (Lipinski definition) is 5. The van der Waals surface area contributed by atoms with E-state index in [2.05, 4.69) is 10.6 Å². The van der Waals surface area contributed by atoms with E-state index in [1.54, 1.807) is 28.2 Å². The van der Waals surface area contributed by atoms with E-state index < -0.39 is 24.2 Å². The molecule has 0 aliphatic rings. The molecule has 0 aliphatic heterocycles. The summed E-state index contributed by atoms with van der Waals surface area (Å²) in [5.74, 6) is -1.56. The highest BCUT2D eigenvalue weighted by molar-refractivity contribution is 5.95. The Morgan fingerprint density at radius 3 is 1.49 bits per heavy atom. The van der Waals surface area contributed by atoms with Crippen molar-refractivity contribution in [2.75, 3.05) is 34.7 Å². The van der Waals surface area contributed by atoms with Crippen molar-refractivity contribution in [1.29, 1.82) is 0 Å². The van der Waals surface area contributed by atoms with E-state index in [1.807, 2.05) is 119 Å². The molecule has 0 heterocycles. The van der Waals surface area contributed by atoms with Crippen molar-refractivity contribution in [2.45, 2.75) is 71.1 Å². The maximum absolute atomic E-state index is 14.5. The number of nitrogens with zero attached hydrogens (tertiary/aromatic N) is 3. The van der Waals surface area contributed by atoms with Crippen LogP contribution < -0.4 is 10.6 Å². The van der Waals surface area contributed by atoms with Gasteiger partial charge >= 0.3 is 0 Å². The SMILES string of the molecule is CN[C@@H](Cc1ccccc1)C(=O)N(C)[C@@H](Cc1ccccc1)C(=O)N(C)[C@H](C(=O)N(C)[C@H](C(=O)NCCc1ccccc1)C(C)C)C(C)C. The smallest absolute Gasteiger partial charge is 0.246 e. The average molecular weight is 670 g/mol. The highest BCUT2D eigenvalue weighted by Crippen LogP contribution is 2.21. The first-order valence-electron chi connectivity index (χ1n) is 17.2. The lowest BCUT2D eigenvalue weighted by molar-refractivity contribution is -0.154. The van der Waals surface area contributed by atoms with Crippen LogP contribution in [-0.4, -0.2) is 97.2 Å². The molecule has 0 radical (unpaired) electrons. The summed E-state index contributed by atoms with van der Waals surface area (Å²) in [6.07, 6.45) is 1.42. The Morgan fingerprint density at radius 1 is 0.571 bits per heavy atom. The number of rotatable bonds is 17.